The maximum Gasteiger partial charge on any atom is 0.418 e. The lowest BCUT2D eigenvalue weighted by atomic mass is 9.88. The number of carbonyl (C=O) groups excluding carboxylic acids is 1. The second-order valence-electron chi connectivity index (χ2n) is 10.00. The predicted molar refractivity (Wildman–Crippen MR) is 149 cm³/mol. The van der Waals surface area contributed by atoms with Gasteiger partial charge in [0.15, 0.2) is 0 Å². The maximum absolute atomic E-state index is 14.0. The van der Waals surface area contributed by atoms with E-state index in [-0.39, 0.29) is 17.2 Å². The molecule has 0 aliphatic carbocycles. The molecule has 7 nitrogen and oxygen atoms in total. The zero-order chi connectivity index (χ0) is 28.3. The molecule has 0 unspecified atom stereocenters. The molecule has 2 N–H and O–H groups in total. The van der Waals surface area contributed by atoms with E-state index in [1.165, 1.54) is 12.1 Å². The van der Waals surface area contributed by atoms with E-state index in [9.17, 15) is 18.0 Å². The lowest BCUT2D eigenvalue weighted by Gasteiger charge is -2.29. The highest BCUT2D eigenvalue weighted by Crippen LogP contribution is 2.39. The Bertz CT molecular complexity index is 1500. The molecule has 0 radical (unpaired) electrons. The van der Waals surface area contributed by atoms with Crippen molar-refractivity contribution < 1.29 is 18.0 Å². The number of benzene rings is 2. The predicted octanol–water partition coefficient (Wildman–Crippen LogP) is 6.67. The fraction of sp³-hybridized carbons (Fsp3) is 0.267. The zero-order valence-electron chi connectivity index (χ0n) is 22.2. The minimum absolute atomic E-state index is 0.0617. The number of anilines is 3. The number of piperidine rings is 1. The topological polar surface area (TPSA) is 83.0 Å². The van der Waals surface area contributed by atoms with Crippen LogP contribution >= 0.6 is 0 Å². The SMILES string of the molecule is Cc1ccc(C(=O)Nc2ccc(C3CCN(C)CC3)cc2C(F)(F)F)cc1Nc1nccc(-c2cccnc2)n1. The van der Waals surface area contributed by atoms with Crippen LogP contribution in [-0.2, 0) is 6.18 Å². The number of hydrogen-bond donors (Lipinski definition) is 2. The summed E-state index contributed by atoms with van der Waals surface area (Å²) >= 11 is 0. The third-order valence-corrected chi connectivity index (χ3v) is 7.15. The van der Waals surface area contributed by atoms with Gasteiger partial charge in [0, 0.05) is 35.4 Å². The number of nitrogens with zero attached hydrogens (tertiary/aromatic N) is 4. The first-order chi connectivity index (χ1) is 19.2. The summed E-state index contributed by atoms with van der Waals surface area (Å²) in [5.74, 6) is -0.275. The molecule has 3 heterocycles. The molecule has 1 aliphatic heterocycles. The van der Waals surface area contributed by atoms with E-state index < -0.39 is 17.6 Å². The Balaban J connectivity index is 1.36. The molecule has 206 valence electrons. The van der Waals surface area contributed by atoms with Gasteiger partial charge in [-0.25, -0.2) is 9.97 Å². The van der Waals surface area contributed by atoms with E-state index in [0.29, 0.717) is 22.9 Å². The summed E-state index contributed by atoms with van der Waals surface area (Å²) in [6.45, 7) is 3.53. The summed E-state index contributed by atoms with van der Waals surface area (Å²) < 4.78 is 42.1. The van der Waals surface area contributed by atoms with Crippen LogP contribution in [0.4, 0.5) is 30.5 Å². The van der Waals surface area contributed by atoms with E-state index in [0.717, 1.165) is 37.1 Å². The minimum atomic E-state index is -4.61. The Morgan fingerprint density at radius 2 is 1.80 bits per heavy atom. The van der Waals surface area contributed by atoms with Crippen molar-refractivity contribution in [2.24, 2.45) is 0 Å². The van der Waals surface area contributed by atoms with Gasteiger partial charge in [-0.1, -0.05) is 12.1 Å². The van der Waals surface area contributed by atoms with Crippen LogP contribution in [0.5, 0.6) is 0 Å². The molecule has 0 saturated carbocycles. The molecular formula is C30H29F3N6O. The van der Waals surface area contributed by atoms with Crippen LogP contribution in [0, 0.1) is 6.92 Å². The highest BCUT2D eigenvalue weighted by Gasteiger charge is 2.35. The van der Waals surface area contributed by atoms with Crippen LogP contribution < -0.4 is 10.6 Å². The number of pyridine rings is 1. The first-order valence-corrected chi connectivity index (χ1v) is 13.0. The van der Waals surface area contributed by atoms with Crippen molar-refractivity contribution >= 4 is 23.2 Å². The minimum Gasteiger partial charge on any atom is -0.324 e. The number of alkyl halides is 3. The second-order valence-corrected chi connectivity index (χ2v) is 10.00. The molecule has 4 aromatic rings. The number of aromatic nitrogens is 3. The van der Waals surface area contributed by atoms with Crippen molar-refractivity contribution in [3.8, 4) is 11.3 Å². The molecule has 0 bridgehead atoms. The van der Waals surface area contributed by atoms with Crippen LogP contribution in [0.25, 0.3) is 11.3 Å². The molecule has 1 saturated heterocycles. The number of rotatable bonds is 6. The Hall–Kier alpha value is -4.31. The molecule has 5 rings (SSSR count). The number of halogens is 3. The summed E-state index contributed by atoms with van der Waals surface area (Å²) in [4.78, 5) is 28.2. The smallest absolute Gasteiger partial charge is 0.324 e. The van der Waals surface area contributed by atoms with Crippen molar-refractivity contribution in [3.05, 3.63) is 95.4 Å². The number of amides is 1. The van der Waals surface area contributed by atoms with Gasteiger partial charge >= 0.3 is 6.18 Å². The highest BCUT2D eigenvalue weighted by atomic mass is 19.4. The number of aryl methyl sites for hydroxylation is 1. The number of likely N-dealkylation sites (tertiary alicyclic amines) is 1. The Morgan fingerprint density at radius 3 is 2.52 bits per heavy atom. The Labute approximate surface area is 230 Å². The normalized spacial score (nSPS) is 14.6. The van der Waals surface area contributed by atoms with E-state index in [2.05, 4.69) is 30.5 Å². The quantitative estimate of drug-likeness (QED) is 0.281. The fourth-order valence-corrected chi connectivity index (χ4v) is 4.81. The summed E-state index contributed by atoms with van der Waals surface area (Å²) in [6.07, 6.45) is 1.96. The van der Waals surface area contributed by atoms with Gasteiger partial charge in [0.2, 0.25) is 5.95 Å². The number of hydrogen-bond acceptors (Lipinski definition) is 6. The van der Waals surface area contributed by atoms with Gasteiger partial charge in [-0.05, 0) is 99.4 Å². The lowest BCUT2D eigenvalue weighted by molar-refractivity contribution is -0.137. The lowest BCUT2D eigenvalue weighted by Crippen LogP contribution is -2.29. The van der Waals surface area contributed by atoms with Gasteiger partial charge in [0.25, 0.3) is 5.91 Å². The van der Waals surface area contributed by atoms with E-state index in [1.807, 2.05) is 26.1 Å². The van der Waals surface area contributed by atoms with Gasteiger partial charge in [0.05, 0.1) is 16.9 Å². The van der Waals surface area contributed by atoms with Crippen molar-refractivity contribution in [3.63, 3.8) is 0 Å². The van der Waals surface area contributed by atoms with E-state index in [1.54, 1.807) is 48.9 Å². The highest BCUT2D eigenvalue weighted by molar-refractivity contribution is 6.05. The first-order valence-electron chi connectivity index (χ1n) is 13.0. The molecule has 0 spiro atoms. The van der Waals surface area contributed by atoms with Crippen LogP contribution in [0.15, 0.2) is 73.2 Å². The summed E-state index contributed by atoms with van der Waals surface area (Å²) in [5.41, 5.74) is 2.59. The van der Waals surface area contributed by atoms with Crippen LogP contribution in [0.2, 0.25) is 0 Å². The van der Waals surface area contributed by atoms with Gasteiger partial charge in [-0.3, -0.25) is 9.78 Å². The molecule has 2 aromatic carbocycles. The first kappa shape index (κ1) is 27.3. The molecule has 10 heteroatoms. The van der Waals surface area contributed by atoms with E-state index >= 15 is 0 Å². The fourth-order valence-electron chi connectivity index (χ4n) is 4.81. The molecular weight excluding hydrogens is 517 g/mol. The van der Waals surface area contributed by atoms with Crippen LogP contribution in [-0.4, -0.2) is 45.9 Å². The average molecular weight is 547 g/mol. The second kappa shape index (κ2) is 11.4. The molecule has 1 fully saturated rings. The molecule has 40 heavy (non-hydrogen) atoms. The number of nitrogens with one attached hydrogen (secondary N) is 2. The van der Waals surface area contributed by atoms with Crippen molar-refractivity contribution in [2.45, 2.75) is 31.9 Å². The molecule has 0 atom stereocenters. The monoisotopic (exact) mass is 546 g/mol. The van der Waals surface area contributed by atoms with Crippen LogP contribution in [0.3, 0.4) is 0 Å². The average Bonchev–Trinajstić information content (AvgIpc) is 2.95. The molecule has 2 aromatic heterocycles. The van der Waals surface area contributed by atoms with Gasteiger partial charge in [-0.2, -0.15) is 13.2 Å². The van der Waals surface area contributed by atoms with Crippen molar-refractivity contribution in [1.82, 2.24) is 19.9 Å². The Morgan fingerprint density at radius 1 is 1.00 bits per heavy atom. The van der Waals surface area contributed by atoms with Crippen molar-refractivity contribution in [1.29, 1.82) is 0 Å². The molecule has 1 amide bonds. The third-order valence-electron chi connectivity index (χ3n) is 7.15. The molecule has 1 aliphatic rings. The summed E-state index contributed by atoms with van der Waals surface area (Å²) in [5, 5.41) is 5.60. The van der Waals surface area contributed by atoms with Gasteiger partial charge in [0.1, 0.15) is 0 Å². The summed E-state index contributed by atoms with van der Waals surface area (Å²) in [7, 11) is 2.01. The summed E-state index contributed by atoms with van der Waals surface area (Å²) in [6, 6.07) is 14.5. The Kier molecular flexibility index (Phi) is 7.79. The van der Waals surface area contributed by atoms with Gasteiger partial charge < -0.3 is 15.5 Å². The van der Waals surface area contributed by atoms with Gasteiger partial charge in [-0.15, -0.1) is 0 Å². The third kappa shape index (κ3) is 6.28. The standard InChI is InChI=1S/C30H29F3N6O/c1-19-5-6-22(17-27(19)38-29-35-13-9-25(37-29)23-4-3-12-34-18-23)28(40)36-26-8-7-21(16-24(26)30(31,32)33)20-10-14-39(2)15-11-20/h3-9,12-13,16-18,20H,10-11,14-15H2,1-2H3,(H,36,40)(H,35,37,38). The maximum atomic E-state index is 14.0. The van der Waals surface area contributed by atoms with Crippen molar-refractivity contribution in [2.75, 3.05) is 30.8 Å². The van der Waals surface area contributed by atoms with Crippen LogP contribution in [0.1, 0.15) is 45.8 Å². The largest absolute Gasteiger partial charge is 0.418 e. The van der Waals surface area contributed by atoms with E-state index in [4.69, 9.17) is 0 Å². The number of carbonyl (C=O) groups is 1. The zero-order valence-corrected chi connectivity index (χ0v) is 22.2.